The van der Waals surface area contributed by atoms with Crippen LogP contribution >= 0.6 is 0 Å². The highest BCUT2D eigenvalue weighted by molar-refractivity contribution is 5.57. The number of rotatable bonds is 7. The van der Waals surface area contributed by atoms with E-state index in [1.54, 1.807) is 0 Å². The standard InChI is InChI=1S/C10H16NO2/c1-3-4-5-6-13-10(8-12)9(2)7-11/h8-10H,2-6H2,1H3. The van der Waals surface area contributed by atoms with Crippen LogP contribution < -0.4 is 0 Å². The summed E-state index contributed by atoms with van der Waals surface area (Å²) in [5, 5.41) is 8.49. The van der Waals surface area contributed by atoms with Crippen LogP contribution in [0.2, 0.25) is 0 Å². The molecule has 73 valence electrons. The molecule has 0 aromatic rings. The Bertz CT molecular complexity index is 174. The molecule has 0 aliphatic carbocycles. The second kappa shape index (κ2) is 7.75. The Hall–Kier alpha value is -0.880. The molecule has 0 aromatic carbocycles. The van der Waals surface area contributed by atoms with Gasteiger partial charge in [-0.1, -0.05) is 19.8 Å². The SMILES string of the molecule is [CH2]C(C#N)C(C=O)OCCCCC. The first kappa shape index (κ1) is 12.1. The number of nitriles is 1. The zero-order valence-electron chi connectivity index (χ0n) is 8.03. The maximum Gasteiger partial charge on any atom is 0.150 e. The summed E-state index contributed by atoms with van der Waals surface area (Å²) >= 11 is 0. The molecule has 0 aliphatic rings. The Morgan fingerprint density at radius 2 is 2.31 bits per heavy atom. The van der Waals surface area contributed by atoms with Crippen molar-refractivity contribution in [3.8, 4) is 6.07 Å². The van der Waals surface area contributed by atoms with Gasteiger partial charge in [0.1, 0.15) is 12.4 Å². The highest BCUT2D eigenvalue weighted by atomic mass is 16.5. The minimum Gasteiger partial charge on any atom is -0.369 e. The third-order valence-electron chi connectivity index (χ3n) is 1.75. The van der Waals surface area contributed by atoms with Crippen molar-refractivity contribution in [3.05, 3.63) is 6.92 Å². The van der Waals surface area contributed by atoms with Crippen molar-refractivity contribution in [1.29, 1.82) is 5.26 Å². The molecule has 0 aromatic heterocycles. The van der Waals surface area contributed by atoms with Crippen molar-refractivity contribution < 1.29 is 9.53 Å². The molecule has 2 unspecified atom stereocenters. The Kier molecular flexibility index (Phi) is 7.23. The minimum atomic E-state index is -0.665. The molecule has 0 fully saturated rings. The van der Waals surface area contributed by atoms with E-state index in [-0.39, 0.29) is 0 Å². The van der Waals surface area contributed by atoms with Crippen molar-refractivity contribution in [1.82, 2.24) is 0 Å². The lowest BCUT2D eigenvalue weighted by molar-refractivity contribution is -0.119. The number of aldehydes is 1. The molecule has 0 rings (SSSR count). The second-order valence-electron chi connectivity index (χ2n) is 2.91. The van der Waals surface area contributed by atoms with Gasteiger partial charge < -0.3 is 9.53 Å². The van der Waals surface area contributed by atoms with E-state index in [0.29, 0.717) is 12.9 Å². The molecule has 2 atom stereocenters. The van der Waals surface area contributed by atoms with E-state index in [0.717, 1.165) is 19.3 Å². The van der Waals surface area contributed by atoms with Gasteiger partial charge in [-0.3, -0.25) is 0 Å². The monoisotopic (exact) mass is 182 g/mol. The lowest BCUT2D eigenvalue weighted by atomic mass is 10.1. The van der Waals surface area contributed by atoms with E-state index >= 15 is 0 Å². The summed E-state index contributed by atoms with van der Waals surface area (Å²) in [6.45, 7) is 6.14. The number of carbonyl (C=O) groups excluding carboxylic acids is 1. The molecule has 0 N–H and O–H groups in total. The summed E-state index contributed by atoms with van der Waals surface area (Å²) in [5.74, 6) is -0.598. The van der Waals surface area contributed by atoms with Gasteiger partial charge in [0.25, 0.3) is 0 Å². The summed E-state index contributed by atoms with van der Waals surface area (Å²) in [7, 11) is 0. The number of hydrogen-bond acceptors (Lipinski definition) is 3. The van der Waals surface area contributed by atoms with E-state index in [2.05, 4.69) is 13.8 Å². The van der Waals surface area contributed by atoms with Crippen LogP contribution in [-0.4, -0.2) is 19.0 Å². The maximum atomic E-state index is 10.5. The summed E-state index contributed by atoms with van der Waals surface area (Å²) in [6.07, 6.45) is 3.11. The van der Waals surface area contributed by atoms with Gasteiger partial charge >= 0.3 is 0 Å². The molecule has 0 saturated carbocycles. The van der Waals surface area contributed by atoms with Gasteiger partial charge in [-0.25, -0.2) is 0 Å². The molecular weight excluding hydrogens is 166 g/mol. The number of ether oxygens (including phenoxy) is 1. The topological polar surface area (TPSA) is 50.1 Å². The Balaban J connectivity index is 3.61. The third-order valence-corrected chi connectivity index (χ3v) is 1.75. The van der Waals surface area contributed by atoms with Crippen molar-refractivity contribution in [2.75, 3.05) is 6.61 Å². The van der Waals surface area contributed by atoms with E-state index in [1.807, 2.05) is 6.07 Å². The van der Waals surface area contributed by atoms with Gasteiger partial charge in [-0.05, 0) is 13.3 Å². The molecule has 0 heterocycles. The van der Waals surface area contributed by atoms with Gasteiger partial charge in [-0.15, -0.1) is 0 Å². The quantitative estimate of drug-likeness (QED) is 0.445. The van der Waals surface area contributed by atoms with Gasteiger partial charge in [0.2, 0.25) is 0 Å². The lowest BCUT2D eigenvalue weighted by Gasteiger charge is -2.12. The highest BCUT2D eigenvalue weighted by Crippen LogP contribution is 2.05. The smallest absolute Gasteiger partial charge is 0.150 e. The molecule has 0 aliphatic heterocycles. The van der Waals surface area contributed by atoms with Gasteiger partial charge in [-0.2, -0.15) is 5.26 Å². The van der Waals surface area contributed by atoms with Gasteiger partial charge in [0.05, 0.1) is 12.0 Å². The molecule has 3 nitrogen and oxygen atoms in total. The molecule has 0 bridgehead atoms. The first-order chi connectivity index (χ1) is 6.26. The Morgan fingerprint density at radius 1 is 1.62 bits per heavy atom. The predicted molar refractivity (Wildman–Crippen MR) is 49.8 cm³/mol. The maximum absolute atomic E-state index is 10.5. The molecule has 1 radical (unpaired) electrons. The number of hydrogen-bond donors (Lipinski definition) is 0. The van der Waals surface area contributed by atoms with E-state index < -0.39 is 12.0 Å². The first-order valence-electron chi connectivity index (χ1n) is 4.55. The second-order valence-corrected chi connectivity index (χ2v) is 2.91. The summed E-state index contributed by atoms with van der Waals surface area (Å²) in [5.41, 5.74) is 0. The molecule has 0 saturated heterocycles. The van der Waals surface area contributed by atoms with Crippen molar-refractivity contribution in [2.24, 2.45) is 5.92 Å². The fourth-order valence-electron chi connectivity index (χ4n) is 0.895. The summed E-state index contributed by atoms with van der Waals surface area (Å²) in [4.78, 5) is 10.5. The van der Waals surface area contributed by atoms with Crippen molar-refractivity contribution in [2.45, 2.75) is 32.3 Å². The van der Waals surface area contributed by atoms with Crippen LogP contribution in [0.4, 0.5) is 0 Å². The zero-order chi connectivity index (χ0) is 10.1. The van der Waals surface area contributed by atoms with Crippen LogP contribution in [0.1, 0.15) is 26.2 Å². The fraction of sp³-hybridized carbons (Fsp3) is 0.700. The number of carbonyl (C=O) groups is 1. The molecule has 0 spiro atoms. The Morgan fingerprint density at radius 3 is 2.77 bits per heavy atom. The zero-order valence-corrected chi connectivity index (χ0v) is 8.03. The normalized spacial score (nSPS) is 14.5. The highest BCUT2D eigenvalue weighted by Gasteiger charge is 2.15. The summed E-state index contributed by atoms with van der Waals surface area (Å²) in [6, 6.07) is 1.89. The average molecular weight is 182 g/mol. The van der Waals surface area contributed by atoms with Crippen LogP contribution in [-0.2, 0) is 9.53 Å². The lowest BCUT2D eigenvalue weighted by Crippen LogP contribution is -2.23. The van der Waals surface area contributed by atoms with Gasteiger partial charge in [0, 0.05) is 6.61 Å². The van der Waals surface area contributed by atoms with Crippen LogP contribution in [0, 0.1) is 24.2 Å². The molecule has 13 heavy (non-hydrogen) atoms. The first-order valence-corrected chi connectivity index (χ1v) is 4.55. The summed E-state index contributed by atoms with van der Waals surface area (Å²) < 4.78 is 5.19. The number of nitrogens with zero attached hydrogens (tertiary/aromatic N) is 1. The number of unbranched alkanes of at least 4 members (excludes halogenated alkanes) is 2. The van der Waals surface area contributed by atoms with Crippen LogP contribution in [0.3, 0.4) is 0 Å². The fourth-order valence-corrected chi connectivity index (χ4v) is 0.895. The average Bonchev–Trinajstić information content (AvgIpc) is 2.17. The van der Waals surface area contributed by atoms with Crippen LogP contribution in [0.5, 0.6) is 0 Å². The van der Waals surface area contributed by atoms with E-state index in [9.17, 15) is 4.79 Å². The molecular formula is C10H16NO2. The minimum absolute atomic E-state index is 0.533. The molecule has 0 amide bonds. The van der Waals surface area contributed by atoms with Crippen LogP contribution in [0.25, 0.3) is 0 Å². The molecule has 3 heteroatoms. The van der Waals surface area contributed by atoms with Gasteiger partial charge in [0.15, 0.2) is 0 Å². The Labute approximate surface area is 79.7 Å². The van der Waals surface area contributed by atoms with E-state index in [1.165, 1.54) is 0 Å². The predicted octanol–water partition coefficient (Wildman–Crippen LogP) is 1.73. The van der Waals surface area contributed by atoms with Crippen molar-refractivity contribution in [3.63, 3.8) is 0 Å². The van der Waals surface area contributed by atoms with Crippen molar-refractivity contribution >= 4 is 6.29 Å². The van der Waals surface area contributed by atoms with Crippen LogP contribution in [0.15, 0.2) is 0 Å². The largest absolute Gasteiger partial charge is 0.369 e. The third kappa shape index (κ3) is 5.37. The van der Waals surface area contributed by atoms with E-state index in [4.69, 9.17) is 10.00 Å².